The van der Waals surface area contributed by atoms with Crippen LogP contribution in [0.2, 0.25) is 0 Å². The number of rotatable bonds is 1. The summed E-state index contributed by atoms with van der Waals surface area (Å²) in [6, 6.07) is 7.89. The first-order chi connectivity index (χ1) is 7.77. The summed E-state index contributed by atoms with van der Waals surface area (Å²) in [6.07, 6.45) is 1.54. The van der Waals surface area contributed by atoms with Gasteiger partial charge in [-0.05, 0) is 31.2 Å². The Kier molecular flexibility index (Phi) is 3.96. The predicted molar refractivity (Wildman–Crippen MR) is 68.6 cm³/mol. The lowest BCUT2D eigenvalue weighted by Crippen LogP contribution is -2.39. The smallest absolute Gasteiger partial charge is 0.227 e. The second kappa shape index (κ2) is 5.46. The van der Waals surface area contributed by atoms with Gasteiger partial charge in [-0.1, -0.05) is 22.0 Å². The fraction of sp³-hybridized carbons (Fsp3) is 0.417. The molecule has 2 rings (SSSR count). The van der Waals surface area contributed by atoms with Gasteiger partial charge in [0.15, 0.2) is 0 Å². The first-order valence-corrected chi connectivity index (χ1v) is 6.33. The zero-order valence-electron chi connectivity index (χ0n) is 9.08. The Morgan fingerprint density at radius 2 is 2.19 bits per heavy atom. The van der Waals surface area contributed by atoms with Crippen LogP contribution in [0, 0.1) is 0 Å². The third kappa shape index (κ3) is 2.83. The summed E-state index contributed by atoms with van der Waals surface area (Å²) < 4.78 is 1.01. The molecular formula is C12H15BrN2O. The van der Waals surface area contributed by atoms with Crippen LogP contribution in [0.1, 0.15) is 12.8 Å². The number of anilines is 1. The molecule has 1 N–H and O–H groups in total. The number of amides is 1. The SMILES string of the molecule is O=C1CCCNCCN1c1cccc(Br)c1. The molecular weight excluding hydrogens is 268 g/mol. The van der Waals surface area contributed by atoms with Gasteiger partial charge in [0.1, 0.15) is 0 Å². The van der Waals surface area contributed by atoms with E-state index in [0.717, 1.165) is 36.2 Å². The van der Waals surface area contributed by atoms with Gasteiger partial charge in [-0.2, -0.15) is 0 Å². The standard InChI is InChI=1S/C12H15BrN2O/c13-10-3-1-4-11(9-10)15-8-7-14-6-2-5-12(15)16/h1,3-4,9,14H,2,5-8H2. The molecule has 3 nitrogen and oxygen atoms in total. The van der Waals surface area contributed by atoms with Crippen molar-refractivity contribution in [3.8, 4) is 0 Å². The van der Waals surface area contributed by atoms with Gasteiger partial charge in [0, 0.05) is 29.7 Å². The van der Waals surface area contributed by atoms with E-state index >= 15 is 0 Å². The molecule has 1 amide bonds. The molecule has 1 fully saturated rings. The van der Waals surface area contributed by atoms with Gasteiger partial charge in [0.25, 0.3) is 0 Å². The lowest BCUT2D eigenvalue weighted by Gasteiger charge is -2.25. The van der Waals surface area contributed by atoms with Crippen LogP contribution in [0.4, 0.5) is 5.69 Å². The van der Waals surface area contributed by atoms with Crippen LogP contribution in [-0.2, 0) is 4.79 Å². The van der Waals surface area contributed by atoms with Gasteiger partial charge in [-0.25, -0.2) is 0 Å². The van der Waals surface area contributed by atoms with Crippen molar-refractivity contribution in [2.75, 3.05) is 24.5 Å². The van der Waals surface area contributed by atoms with Crippen molar-refractivity contribution < 1.29 is 4.79 Å². The van der Waals surface area contributed by atoms with Gasteiger partial charge in [0.2, 0.25) is 5.91 Å². The first-order valence-electron chi connectivity index (χ1n) is 5.54. The minimum absolute atomic E-state index is 0.222. The van der Waals surface area contributed by atoms with Gasteiger partial charge < -0.3 is 10.2 Å². The van der Waals surface area contributed by atoms with E-state index in [1.54, 1.807) is 0 Å². The van der Waals surface area contributed by atoms with Crippen LogP contribution in [0.15, 0.2) is 28.7 Å². The Hall–Kier alpha value is -0.870. The van der Waals surface area contributed by atoms with E-state index in [2.05, 4.69) is 21.2 Å². The normalized spacial score (nSPS) is 18.1. The lowest BCUT2D eigenvalue weighted by atomic mass is 10.2. The van der Waals surface area contributed by atoms with Crippen LogP contribution in [0.25, 0.3) is 0 Å². The number of carbonyl (C=O) groups excluding carboxylic acids is 1. The number of nitrogens with one attached hydrogen (secondary N) is 1. The largest absolute Gasteiger partial charge is 0.315 e. The molecule has 0 atom stereocenters. The van der Waals surface area contributed by atoms with Crippen molar-refractivity contribution >= 4 is 27.5 Å². The Morgan fingerprint density at radius 3 is 3.00 bits per heavy atom. The molecule has 1 heterocycles. The Morgan fingerprint density at radius 1 is 1.31 bits per heavy atom. The van der Waals surface area contributed by atoms with Gasteiger partial charge in [0.05, 0.1) is 0 Å². The molecule has 0 unspecified atom stereocenters. The molecule has 1 saturated heterocycles. The van der Waals surface area contributed by atoms with Crippen LogP contribution in [0.5, 0.6) is 0 Å². The van der Waals surface area contributed by atoms with E-state index in [1.807, 2.05) is 29.2 Å². The molecule has 0 aromatic heterocycles. The van der Waals surface area contributed by atoms with Crippen molar-refractivity contribution in [3.63, 3.8) is 0 Å². The highest BCUT2D eigenvalue weighted by Crippen LogP contribution is 2.21. The lowest BCUT2D eigenvalue weighted by molar-refractivity contribution is -0.118. The van der Waals surface area contributed by atoms with E-state index in [9.17, 15) is 4.79 Å². The molecule has 0 aliphatic carbocycles. The van der Waals surface area contributed by atoms with Crippen LogP contribution >= 0.6 is 15.9 Å². The van der Waals surface area contributed by atoms with Crippen LogP contribution in [-0.4, -0.2) is 25.5 Å². The van der Waals surface area contributed by atoms with E-state index in [-0.39, 0.29) is 5.91 Å². The summed E-state index contributed by atoms with van der Waals surface area (Å²) in [4.78, 5) is 13.8. The molecule has 0 saturated carbocycles. The summed E-state index contributed by atoms with van der Waals surface area (Å²) >= 11 is 3.43. The first kappa shape index (κ1) is 11.6. The Bertz CT molecular complexity index is 381. The molecule has 0 bridgehead atoms. The molecule has 0 spiro atoms. The van der Waals surface area contributed by atoms with Gasteiger partial charge >= 0.3 is 0 Å². The highest BCUT2D eigenvalue weighted by atomic mass is 79.9. The van der Waals surface area contributed by atoms with E-state index in [0.29, 0.717) is 6.42 Å². The maximum atomic E-state index is 12.0. The topological polar surface area (TPSA) is 32.3 Å². The summed E-state index contributed by atoms with van der Waals surface area (Å²) in [5, 5.41) is 3.32. The molecule has 4 heteroatoms. The fourth-order valence-electron chi connectivity index (χ4n) is 1.86. The van der Waals surface area contributed by atoms with E-state index < -0.39 is 0 Å². The number of nitrogens with zero attached hydrogens (tertiary/aromatic N) is 1. The van der Waals surface area contributed by atoms with Crippen LogP contribution < -0.4 is 10.2 Å². The molecule has 0 radical (unpaired) electrons. The van der Waals surface area contributed by atoms with Gasteiger partial charge in [-0.3, -0.25) is 4.79 Å². The minimum atomic E-state index is 0.222. The molecule has 1 aliphatic rings. The van der Waals surface area contributed by atoms with Gasteiger partial charge in [-0.15, -0.1) is 0 Å². The summed E-state index contributed by atoms with van der Waals surface area (Å²) in [5.74, 6) is 0.222. The second-order valence-electron chi connectivity index (χ2n) is 3.88. The quantitative estimate of drug-likeness (QED) is 0.856. The molecule has 16 heavy (non-hydrogen) atoms. The molecule has 86 valence electrons. The van der Waals surface area contributed by atoms with E-state index in [1.165, 1.54) is 0 Å². The third-order valence-electron chi connectivity index (χ3n) is 2.68. The minimum Gasteiger partial charge on any atom is -0.315 e. The van der Waals surface area contributed by atoms with Crippen molar-refractivity contribution in [1.82, 2.24) is 5.32 Å². The number of carbonyl (C=O) groups is 1. The maximum absolute atomic E-state index is 12.0. The highest BCUT2D eigenvalue weighted by molar-refractivity contribution is 9.10. The average molecular weight is 283 g/mol. The van der Waals surface area contributed by atoms with Crippen LogP contribution in [0.3, 0.4) is 0 Å². The second-order valence-corrected chi connectivity index (χ2v) is 4.79. The van der Waals surface area contributed by atoms with Crippen molar-refractivity contribution in [2.24, 2.45) is 0 Å². The number of hydrogen-bond acceptors (Lipinski definition) is 2. The molecule has 1 aliphatic heterocycles. The Balaban J connectivity index is 2.19. The number of benzene rings is 1. The fourth-order valence-corrected chi connectivity index (χ4v) is 2.24. The van der Waals surface area contributed by atoms with Crippen molar-refractivity contribution in [1.29, 1.82) is 0 Å². The Labute approximate surface area is 104 Å². The average Bonchev–Trinajstić information content (AvgIpc) is 2.24. The summed E-state index contributed by atoms with van der Waals surface area (Å²) in [5.41, 5.74) is 0.975. The zero-order chi connectivity index (χ0) is 11.4. The van der Waals surface area contributed by atoms with E-state index in [4.69, 9.17) is 0 Å². The predicted octanol–water partition coefficient (Wildman–Crippen LogP) is 2.17. The third-order valence-corrected chi connectivity index (χ3v) is 3.17. The number of hydrogen-bond donors (Lipinski definition) is 1. The molecule has 1 aromatic carbocycles. The zero-order valence-corrected chi connectivity index (χ0v) is 10.7. The van der Waals surface area contributed by atoms with Crippen molar-refractivity contribution in [3.05, 3.63) is 28.7 Å². The summed E-state index contributed by atoms with van der Waals surface area (Å²) in [6.45, 7) is 2.55. The van der Waals surface area contributed by atoms with Crippen molar-refractivity contribution in [2.45, 2.75) is 12.8 Å². The maximum Gasteiger partial charge on any atom is 0.227 e. The summed E-state index contributed by atoms with van der Waals surface area (Å²) in [7, 11) is 0. The highest BCUT2D eigenvalue weighted by Gasteiger charge is 2.16. The molecule has 1 aromatic rings. The monoisotopic (exact) mass is 282 g/mol. The number of halogens is 1.